The van der Waals surface area contributed by atoms with E-state index in [1.54, 1.807) is 0 Å². The van der Waals surface area contributed by atoms with Gasteiger partial charge in [-0.1, -0.05) is 32.5 Å². The molecule has 0 bridgehead atoms. The van der Waals surface area contributed by atoms with E-state index in [-0.39, 0.29) is 0 Å². The van der Waals surface area contributed by atoms with Crippen LogP contribution in [0.4, 0.5) is 0 Å². The summed E-state index contributed by atoms with van der Waals surface area (Å²) in [5, 5.41) is 0.342. The Morgan fingerprint density at radius 3 is 2.31 bits per heavy atom. The van der Waals surface area contributed by atoms with Gasteiger partial charge >= 0.3 is 0 Å². The maximum atomic E-state index is 11.1. The van der Waals surface area contributed by atoms with Gasteiger partial charge in [0.2, 0.25) is 0 Å². The lowest BCUT2D eigenvalue weighted by Crippen LogP contribution is -2.25. The monoisotopic (exact) mass is 203 g/mol. The van der Waals surface area contributed by atoms with Crippen molar-refractivity contribution in [2.45, 2.75) is 33.6 Å². The summed E-state index contributed by atoms with van der Waals surface area (Å²) in [6, 6.07) is 0. The molecule has 0 unspecified atom stereocenters. The summed E-state index contributed by atoms with van der Waals surface area (Å²) < 4.78 is 0. The van der Waals surface area contributed by atoms with Crippen LogP contribution in [0.15, 0.2) is 0 Å². The molecule has 0 aliphatic carbocycles. The van der Waals surface area contributed by atoms with Gasteiger partial charge in [-0.05, 0) is 19.5 Å². The Labute approximate surface area is 86.1 Å². The predicted octanol–water partition coefficient (Wildman–Crippen LogP) is 2.39. The third-order valence-corrected chi connectivity index (χ3v) is 2.93. The number of rotatable bonds is 7. The highest BCUT2D eigenvalue weighted by Crippen LogP contribution is 2.07. The zero-order valence-electron chi connectivity index (χ0n) is 9.01. The molecule has 78 valence electrons. The van der Waals surface area contributed by atoms with Crippen molar-refractivity contribution in [2.75, 3.05) is 25.4 Å². The number of hydrogen-bond donors (Lipinski definition) is 0. The molecular weight excluding hydrogens is 182 g/mol. The molecule has 0 saturated heterocycles. The summed E-state index contributed by atoms with van der Waals surface area (Å²) in [7, 11) is 0. The minimum Gasteiger partial charge on any atom is -0.303 e. The normalized spacial score (nSPS) is 10.8. The van der Waals surface area contributed by atoms with Crippen LogP contribution in [-0.2, 0) is 4.79 Å². The standard InChI is InChI=1S/C10H21NOS/c1-4-7-10(12)13-9-8-11(5-2)6-3/h4-9H2,1-3H3. The Morgan fingerprint density at radius 2 is 1.85 bits per heavy atom. The fourth-order valence-corrected chi connectivity index (χ4v) is 2.03. The van der Waals surface area contributed by atoms with Crippen molar-refractivity contribution in [1.82, 2.24) is 4.90 Å². The largest absolute Gasteiger partial charge is 0.303 e. The first-order valence-corrected chi connectivity index (χ1v) is 6.11. The maximum absolute atomic E-state index is 11.1. The lowest BCUT2D eigenvalue weighted by molar-refractivity contribution is -0.111. The SMILES string of the molecule is CCCC(=O)SCCN(CC)CC. The first kappa shape index (κ1) is 13.0. The fourth-order valence-electron chi connectivity index (χ4n) is 1.10. The molecule has 0 fully saturated rings. The molecule has 0 aromatic heterocycles. The van der Waals surface area contributed by atoms with Crippen LogP contribution in [-0.4, -0.2) is 35.4 Å². The van der Waals surface area contributed by atoms with Gasteiger partial charge in [0.05, 0.1) is 0 Å². The van der Waals surface area contributed by atoms with Gasteiger partial charge in [0, 0.05) is 18.7 Å². The smallest absolute Gasteiger partial charge is 0.188 e. The second-order valence-electron chi connectivity index (χ2n) is 3.00. The van der Waals surface area contributed by atoms with Crippen LogP contribution in [0.5, 0.6) is 0 Å². The Morgan fingerprint density at radius 1 is 1.23 bits per heavy atom. The topological polar surface area (TPSA) is 20.3 Å². The predicted molar refractivity (Wildman–Crippen MR) is 60.2 cm³/mol. The summed E-state index contributed by atoms with van der Waals surface area (Å²) in [6.07, 6.45) is 1.69. The Bertz CT molecular complexity index is 135. The Kier molecular flexibility index (Phi) is 8.56. The van der Waals surface area contributed by atoms with Crippen LogP contribution in [0.2, 0.25) is 0 Å². The molecule has 0 aromatic carbocycles. The van der Waals surface area contributed by atoms with E-state index < -0.39 is 0 Å². The van der Waals surface area contributed by atoms with Crippen LogP contribution in [0.1, 0.15) is 33.6 Å². The van der Waals surface area contributed by atoms with Gasteiger partial charge in [-0.25, -0.2) is 0 Å². The van der Waals surface area contributed by atoms with Crippen molar-refractivity contribution in [2.24, 2.45) is 0 Å². The summed E-state index contributed by atoms with van der Waals surface area (Å²) >= 11 is 1.48. The fraction of sp³-hybridized carbons (Fsp3) is 0.900. The van der Waals surface area contributed by atoms with Crippen LogP contribution >= 0.6 is 11.8 Å². The van der Waals surface area contributed by atoms with E-state index in [1.165, 1.54) is 11.8 Å². The van der Waals surface area contributed by atoms with Crippen molar-refractivity contribution >= 4 is 16.9 Å². The van der Waals surface area contributed by atoms with Crippen molar-refractivity contribution in [3.63, 3.8) is 0 Å². The molecule has 0 N–H and O–H groups in total. The average Bonchev–Trinajstić information content (AvgIpc) is 2.13. The highest BCUT2D eigenvalue weighted by Gasteiger charge is 2.02. The number of thioether (sulfide) groups is 1. The molecule has 0 aromatic rings. The van der Waals surface area contributed by atoms with Crippen molar-refractivity contribution in [3.05, 3.63) is 0 Å². The second kappa shape index (κ2) is 8.57. The molecule has 13 heavy (non-hydrogen) atoms. The van der Waals surface area contributed by atoms with E-state index in [0.29, 0.717) is 5.12 Å². The first-order valence-electron chi connectivity index (χ1n) is 5.12. The second-order valence-corrected chi connectivity index (χ2v) is 4.15. The third-order valence-electron chi connectivity index (χ3n) is 2.02. The number of hydrogen-bond acceptors (Lipinski definition) is 3. The zero-order chi connectivity index (χ0) is 10.1. The number of carbonyl (C=O) groups excluding carboxylic acids is 1. The van der Waals surface area contributed by atoms with E-state index >= 15 is 0 Å². The quantitative estimate of drug-likeness (QED) is 0.633. The molecule has 0 amide bonds. The molecule has 0 saturated carbocycles. The maximum Gasteiger partial charge on any atom is 0.188 e. The van der Waals surface area contributed by atoms with Crippen LogP contribution in [0, 0.1) is 0 Å². The third kappa shape index (κ3) is 7.08. The average molecular weight is 203 g/mol. The number of carbonyl (C=O) groups is 1. The van der Waals surface area contributed by atoms with E-state index in [2.05, 4.69) is 18.7 Å². The van der Waals surface area contributed by atoms with E-state index in [4.69, 9.17) is 0 Å². The van der Waals surface area contributed by atoms with Crippen LogP contribution in [0.25, 0.3) is 0 Å². The molecule has 0 aliphatic rings. The van der Waals surface area contributed by atoms with Crippen LogP contribution < -0.4 is 0 Å². The van der Waals surface area contributed by atoms with E-state index in [1.807, 2.05) is 6.92 Å². The molecule has 0 heterocycles. The highest BCUT2D eigenvalue weighted by molar-refractivity contribution is 8.13. The van der Waals surface area contributed by atoms with Crippen LogP contribution in [0.3, 0.4) is 0 Å². The summed E-state index contributed by atoms with van der Waals surface area (Å²) in [5.74, 6) is 0.945. The minimum atomic E-state index is 0.342. The lowest BCUT2D eigenvalue weighted by Gasteiger charge is -2.16. The summed E-state index contributed by atoms with van der Waals surface area (Å²) in [5.41, 5.74) is 0. The first-order chi connectivity index (χ1) is 6.24. The molecule has 0 atom stereocenters. The number of nitrogens with zero attached hydrogens (tertiary/aromatic N) is 1. The Balaban J connectivity index is 3.37. The molecule has 0 spiro atoms. The summed E-state index contributed by atoms with van der Waals surface area (Å²) in [6.45, 7) is 9.55. The highest BCUT2D eigenvalue weighted by atomic mass is 32.2. The van der Waals surface area contributed by atoms with Gasteiger partial charge in [0.15, 0.2) is 5.12 Å². The van der Waals surface area contributed by atoms with Gasteiger partial charge in [0.25, 0.3) is 0 Å². The Hall–Kier alpha value is -0.0200. The molecular formula is C10H21NOS. The molecule has 3 heteroatoms. The van der Waals surface area contributed by atoms with Crippen molar-refractivity contribution < 1.29 is 4.79 Å². The molecule has 0 aliphatic heterocycles. The van der Waals surface area contributed by atoms with E-state index in [0.717, 1.165) is 38.2 Å². The lowest BCUT2D eigenvalue weighted by atomic mass is 10.4. The van der Waals surface area contributed by atoms with E-state index in [9.17, 15) is 4.79 Å². The van der Waals surface area contributed by atoms with Gasteiger partial charge in [-0.2, -0.15) is 0 Å². The minimum absolute atomic E-state index is 0.342. The van der Waals surface area contributed by atoms with Gasteiger partial charge < -0.3 is 4.90 Å². The van der Waals surface area contributed by atoms with Crippen molar-refractivity contribution in [3.8, 4) is 0 Å². The molecule has 0 radical (unpaired) electrons. The summed E-state index contributed by atoms with van der Waals surface area (Å²) in [4.78, 5) is 13.5. The molecule has 0 rings (SSSR count). The van der Waals surface area contributed by atoms with Gasteiger partial charge in [0.1, 0.15) is 0 Å². The van der Waals surface area contributed by atoms with Gasteiger partial charge in [-0.3, -0.25) is 4.79 Å². The molecule has 2 nitrogen and oxygen atoms in total. The zero-order valence-corrected chi connectivity index (χ0v) is 9.82. The van der Waals surface area contributed by atoms with Gasteiger partial charge in [-0.15, -0.1) is 0 Å². The van der Waals surface area contributed by atoms with Crippen molar-refractivity contribution in [1.29, 1.82) is 0 Å².